The van der Waals surface area contributed by atoms with Gasteiger partial charge in [-0.1, -0.05) is 0 Å². The van der Waals surface area contributed by atoms with Gasteiger partial charge in [0.25, 0.3) is 0 Å². The van der Waals surface area contributed by atoms with E-state index in [0.717, 1.165) is 6.07 Å². The second-order valence-corrected chi connectivity index (χ2v) is 3.33. The zero-order valence-electron chi connectivity index (χ0n) is 8.65. The van der Waals surface area contributed by atoms with E-state index >= 15 is 0 Å². The minimum absolute atomic E-state index is 0.0345. The van der Waals surface area contributed by atoms with Crippen LogP contribution in [0, 0.1) is 0 Å². The molecule has 18 heavy (non-hydrogen) atoms. The van der Waals surface area contributed by atoms with Crippen molar-refractivity contribution in [2.75, 3.05) is 0 Å². The molecule has 2 aromatic rings. The van der Waals surface area contributed by atoms with E-state index < -0.39 is 34.8 Å². The molecule has 1 heterocycles. The number of carboxylic acids is 2. The standard InChI is InChI=1S/C10H6N2O6/c13-4-2-1-3-5(8(4)14)12-7(10(17)18)6(11-3)9(15)16/h1-2,13-14H,(H,15,16)(H,17,18). The highest BCUT2D eigenvalue weighted by Gasteiger charge is 2.22. The average Bonchev–Trinajstić information content (AvgIpc) is 2.32. The number of phenols is 2. The highest BCUT2D eigenvalue weighted by Crippen LogP contribution is 2.31. The van der Waals surface area contributed by atoms with E-state index in [9.17, 15) is 19.8 Å². The summed E-state index contributed by atoms with van der Waals surface area (Å²) in [5.74, 6) is -4.30. The topological polar surface area (TPSA) is 141 Å². The van der Waals surface area contributed by atoms with Gasteiger partial charge in [0.1, 0.15) is 5.52 Å². The van der Waals surface area contributed by atoms with Crippen LogP contribution in [0.5, 0.6) is 11.5 Å². The Bertz CT molecular complexity index is 682. The Morgan fingerprint density at radius 2 is 1.50 bits per heavy atom. The van der Waals surface area contributed by atoms with Crippen LogP contribution in [0.4, 0.5) is 0 Å². The smallest absolute Gasteiger partial charge is 0.357 e. The highest BCUT2D eigenvalue weighted by molar-refractivity contribution is 6.01. The monoisotopic (exact) mass is 250 g/mol. The highest BCUT2D eigenvalue weighted by atomic mass is 16.4. The van der Waals surface area contributed by atoms with Crippen molar-refractivity contribution in [1.82, 2.24) is 9.97 Å². The maximum atomic E-state index is 10.9. The van der Waals surface area contributed by atoms with Crippen LogP contribution in [0.25, 0.3) is 11.0 Å². The number of fused-ring (bicyclic) bond motifs is 1. The quantitative estimate of drug-likeness (QED) is 0.562. The molecule has 1 aromatic heterocycles. The zero-order valence-corrected chi connectivity index (χ0v) is 8.65. The largest absolute Gasteiger partial charge is 0.504 e. The molecule has 0 fully saturated rings. The van der Waals surface area contributed by atoms with Crippen molar-refractivity contribution in [2.24, 2.45) is 0 Å². The number of aromatic nitrogens is 2. The van der Waals surface area contributed by atoms with Crippen molar-refractivity contribution in [2.45, 2.75) is 0 Å². The van der Waals surface area contributed by atoms with Crippen molar-refractivity contribution in [3.63, 3.8) is 0 Å². The average molecular weight is 250 g/mol. The molecule has 8 nitrogen and oxygen atoms in total. The number of phenolic OH excluding ortho intramolecular Hbond substituents is 2. The van der Waals surface area contributed by atoms with Gasteiger partial charge in [-0.05, 0) is 12.1 Å². The first-order valence-corrected chi connectivity index (χ1v) is 4.61. The molecule has 1 aromatic carbocycles. The first-order chi connectivity index (χ1) is 8.41. The molecule has 2 rings (SSSR count). The molecule has 0 amide bonds. The van der Waals surface area contributed by atoms with Crippen molar-refractivity contribution in [3.05, 3.63) is 23.5 Å². The zero-order chi connectivity index (χ0) is 13.4. The van der Waals surface area contributed by atoms with Crippen molar-refractivity contribution < 1.29 is 30.0 Å². The predicted molar refractivity (Wildman–Crippen MR) is 56.8 cm³/mol. The van der Waals surface area contributed by atoms with E-state index in [-0.39, 0.29) is 11.0 Å². The van der Waals surface area contributed by atoms with E-state index in [1.165, 1.54) is 6.07 Å². The van der Waals surface area contributed by atoms with Gasteiger partial charge in [0.15, 0.2) is 22.9 Å². The van der Waals surface area contributed by atoms with Crippen LogP contribution >= 0.6 is 0 Å². The molecule has 0 bridgehead atoms. The fraction of sp³-hybridized carbons (Fsp3) is 0. The third-order valence-electron chi connectivity index (χ3n) is 2.19. The first kappa shape index (κ1) is 11.6. The van der Waals surface area contributed by atoms with Crippen LogP contribution in [0.1, 0.15) is 21.0 Å². The number of hydrogen-bond acceptors (Lipinski definition) is 6. The lowest BCUT2D eigenvalue weighted by Gasteiger charge is -2.05. The van der Waals surface area contributed by atoms with Gasteiger partial charge in [0.05, 0.1) is 5.52 Å². The van der Waals surface area contributed by atoms with Gasteiger partial charge < -0.3 is 20.4 Å². The third kappa shape index (κ3) is 1.65. The molecule has 0 saturated heterocycles. The molecule has 0 unspecified atom stereocenters. The van der Waals surface area contributed by atoms with E-state index in [4.69, 9.17) is 10.2 Å². The maximum Gasteiger partial charge on any atom is 0.357 e. The Morgan fingerprint density at radius 1 is 0.944 bits per heavy atom. The number of rotatable bonds is 2. The molecular weight excluding hydrogens is 244 g/mol. The maximum absolute atomic E-state index is 10.9. The van der Waals surface area contributed by atoms with Crippen molar-refractivity contribution in [3.8, 4) is 11.5 Å². The van der Waals surface area contributed by atoms with Crippen LogP contribution in [-0.2, 0) is 0 Å². The normalized spacial score (nSPS) is 10.4. The van der Waals surface area contributed by atoms with Gasteiger partial charge in [-0.25, -0.2) is 19.6 Å². The summed E-state index contributed by atoms with van der Waals surface area (Å²) in [5.41, 5.74) is -1.86. The summed E-state index contributed by atoms with van der Waals surface area (Å²) in [5, 5.41) is 36.4. The van der Waals surface area contributed by atoms with Gasteiger partial charge in [-0.3, -0.25) is 0 Å². The number of aromatic carboxylic acids is 2. The van der Waals surface area contributed by atoms with Gasteiger partial charge in [-0.2, -0.15) is 0 Å². The number of nitrogens with zero attached hydrogens (tertiary/aromatic N) is 2. The van der Waals surface area contributed by atoms with Crippen LogP contribution < -0.4 is 0 Å². The van der Waals surface area contributed by atoms with Crippen molar-refractivity contribution in [1.29, 1.82) is 0 Å². The number of hydrogen-bond donors (Lipinski definition) is 4. The van der Waals surface area contributed by atoms with Gasteiger partial charge in [0, 0.05) is 0 Å². The molecule has 0 atom stereocenters. The number of carboxylic acid groups (broad SMARTS) is 2. The Balaban J connectivity index is 2.89. The lowest BCUT2D eigenvalue weighted by Crippen LogP contribution is -2.13. The molecular formula is C10H6N2O6. The summed E-state index contributed by atoms with van der Waals surface area (Å²) in [6.07, 6.45) is 0. The van der Waals surface area contributed by atoms with Gasteiger partial charge in [-0.15, -0.1) is 0 Å². The van der Waals surface area contributed by atoms with E-state index in [1.807, 2.05) is 0 Å². The first-order valence-electron chi connectivity index (χ1n) is 4.61. The van der Waals surface area contributed by atoms with Crippen LogP contribution in [0.2, 0.25) is 0 Å². The Kier molecular flexibility index (Phi) is 2.47. The summed E-state index contributed by atoms with van der Waals surface area (Å²) in [6, 6.07) is 2.31. The van der Waals surface area contributed by atoms with Crippen LogP contribution in [-0.4, -0.2) is 42.3 Å². The SMILES string of the molecule is O=C(O)c1nc2ccc(O)c(O)c2nc1C(=O)O. The molecule has 0 radical (unpaired) electrons. The van der Waals surface area contributed by atoms with Crippen LogP contribution in [0.3, 0.4) is 0 Å². The summed E-state index contributed by atoms with van der Waals surface area (Å²) in [4.78, 5) is 28.8. The molecule has 0 aliphatic heterocycles. The Morgan fingerprint density at radius 3 is 2.06 bits per heavy atom. The molecule has 0 aliphatic rings. The molecule has 4 N–H and O–H groups in total. The molecule has 0 saturated carbocycles. The minimum atomic E-state index is -1.59. The second-order valence-electron chi connectivity index (χ2n) is 3.33. The second kappa shape index (κ2) is 3.84. The van der Waals surface area contributed by atoms with Gasteiger partial charge >= 0.3 is 11.9 Å². The fourth-order valence-corrected chi connectivity index (χ4v) is 1.40. The van der Waals surface area contributed by atoms with Crippen LogP contribution in [0.15, 0.2) is 12.1 Å². The Labute approximate surface area is 98.8 Å². The summed E-state index contributed by atoms with van der Waals surface area (Å²) < 4.78 is 0. The number of aromatic hydroxyl groups is 2. The summed E-state index contributed by atoms with van der Waals surface area (Å²) in [7, 11) is 0. The Hall–Kier alpha value is -2.90. The fourth-order valence-electron chi connectivity index (χ4n) is 1.40. The molecule has 0 spiro atoms. The van der Waals surface area contributed by atoms with E-state index in [2.05, 4.69) is 9.97 Å². The lowest BCUT2D eigenvalue weighted by atomic mass is 10.2. The molecule has 8 heteroatoms. The van der Waals surface area contributed by atoms with E-state index in [1.54, 1.807) is 0 Å². The molecule has 0 aliphatic carbocycles. The predicted octanol–water partition coefficient (Wildman–Crippen LogP) is 0.437. The van der Waals surface area contributed by atoms with Crippen molar-refractivity contribution >= 4 is 23.0 Å². The lowest BCUT2D eigenvalue weighted by molar-refractivity contribution is 0.0642. The number of benzene rings is 1. The summed E-state index contributed by atoms with van der Waals surface area (Å²) >= 11 is 0. The molecule has 92 valence electrons. The minimum Gasteiger partial charge on any atom is -0.504 e. The summed E-state index contributed by atoms with van der Waals surface area (Å²) in [6.45, 7) is 0. The van der Waals surface area contributed by atoms with E-state index in [0.29, 0.717) is 0 Å². The van der Waals surface area contributed by atoms with Gasteiger partial charge in [0.2, 0.25) is 0 Å². The number of carbonyl (C=O) groups is 2. The third-order valence-corrected chi connectivity index (χ3v) is 2.19.